The van der Waals surface area contributed by atoms with Gasteiger partial charge < -0.3 is 24.6 Å². The Kier molecular flexibility index (Phi) is 17.5. The number of rotatable bonds is 7. The minimum atomic E-state index is -0.484. The summed E-state index contributed by atoms with van der Waals surface area (Å²) in [4.78, 5) is 29.7. The van der Waals surface area contributed by atoms with Gasteiger partial charge in [-0.25, -0.2) is 14.8 Å². The van der Waals surface area contributed by atoms with Crippen LogP contribution in [-0.2, 0) is 14.3 Å². The van der Waals surface area contributed by atoms with E-state index in [0.29, 0.717) is 31.9 Å². The molecule has 37 heavy (non-hydrogen) atoms. The Hall–Kier alpha value is -1.81. The summed E-state index contributed by atoms with van der Waals surface area (Å²) >= 11 is 4.24. The van der Waals surface area contributed by atoms with E-state index in [9.17, 15) is 14.0 Å². The molecule has 0 atom stereocenters. The summed E-state index contributed by atoms with van der Waals surface area (Å²) in [5, 5.41) is 11.0. The lowest BCUT2D eigenvalue weighted by atomic mass is 10.2. The largest absolute Gasteiger partial charge is 0.476 e. The fourth-order valence-corrected chi connectivity index (χ4v) is 2.68. The van der Waals surface area contributed by atoms with Crippen molar-refractivity contribution in [2.24, 2.45) is 0 Å². The molecule has 0 aliphatic heterocycles. The molecule has 12 heteroatoms. The number of halogens is 3. The number of carbonyl (C=O) groups excluding carboxylic acids is 2. The van der Waals surface area contributed by atoms with Crippen LogP contribution in [0.5, 0.6) is 5.88 Å². The number of hydrogen-bond acceptors (Lipinski definition) is 8. The quantitative estimate of drug-likeness (QED) is 0.165. The minimum Gasteiger partial charge on any atom is -0.476 e. The van der Waals surface area contributed by atoms with Crippen molar-refractivity contribution in [3.8, 4) is 5.88 Å². The van der Waals surface area contributed by atoms with E-state index in [4.69, 9.17) is 19.3 Å². The maximum Gasteiger partial charge on any atom is 0.407 e. The zero-order valence-corrected chi connectivity index (χ0v) is 26.3. The molecule has 0 aliphatic rings. The summed E-state index contributed by atoms with van der Waals surface area (Å²) in [6, 6.07) is 6.70. The molecule has 0 aliphatic carbocycles. The summed E-state index contributed by atoms with van der Waals surface area (Å²) in [6.45, 7) is 11.7. The van der Waals surface area contributed by atoms with E-state index in [1.54, 1.807) is 18.3 Å². The highest BCUT2D eigenvalue weighted by Crippen LogP contribution is 2.10. The van der Waals surface area contributed by atoms with E-state index in [2.05, 4.69) is 60.5 Å². The second kappa shape index (κ2) is 18.4. The van der Waals surface area contributed by atoms with Gasteiger partial charge in [-0.3, -0.25) is 4.79 Å². The molecule has 0 saturated heterocycles. The van der Waals surface area contributed by atoms with Gasteiger partial charge in [-0.05, 0) is 111 Å². The summed E-state index contributed by atoms with van der Waals surface area (Å²) < 4.78 is 29.4. The lowest BCUT2D eigenvalue weighted by Crippen LogP contribution is -2.34. The third-order valence-electron chi connectivity index (χ3n) is 3.37. The molecule has 2 N–H and O–H groups in total. The van der Waals surface area contributed by atoms with Crippen LogP contribution in [-0.4, -0.2) is 58.1 Å². The van der Waals surface area contributed by atoms with Crippen molar-refractivity contribution in [3.05, 3.63) is 49.7 Å². The van der Waals surface area contributed by atoms with E-state index < -0.39 is 23.2 Å². The maximum absolute atomic E-state index is 12.0. The number of alkyl carbamates (subject to hydrolysis) is 1. The number of hydrogen-bond donors (Lipinski definition) is 2. The predicted molar refractivity (Wildman–Crippen MR) is 156 cm³/mol. The Bertz CT molecular complexity index is 897. The van der Waals surface area contributed by atoms with Crippen LogP contribution in [0.3, 0.4) is 0 Å². The Labute approximate surface area is 245 Å². The van der Waals surface area contributed by atoms with E-state index in [1.807, 2.05) is 47.6 Å². The smallest absolute Gasteiger partial charge is 0.407 e. The second-order valence-electron chi connectivity index (χ2n) is 9.30. The molecule has 1 amide bonds. The van der Waals surface area contributed by atoms with Gasteiger partial charge in [-0.15, -0.1) is 0 Å². The molecule has 0 radical (unpaired) electrons. The van der Waals surface area contributed by atoms with Crippen LogP contribution in [0.1, 0.15) is 54.4 Å². The Morgan fingerprint density at radius 3 is 1.95 bits per heavy atom. The minimum absolute atomic E-state index is 0.0409. The molecule has 0 unspecified atom stereocenters. The third-order valence-corrected chi connectivity index (χ3v) is 4.65. The van der Waals surface area contributed by atoms with E-state index >= 15 is 0 Å². The van der Waals surface area contributed by atoms with Crippen molar-refractivity contribution in [3.63, 3.8) is 0 Å². The highest BCUT2D eigenvalue weighted by molar-refractivity contribution is 14.1. The standard InChI is InChI=1S/C12H17IN2O3.C8H16O3.C5H3FIN/c1-12(2,3)18-11(16)14-6-7-17-10-5-4-9(13)8-15-10;1-8(2,3)11-7(10)5-4-6-9;6-5-2-1-4(7)3-8-5/h4-5,8H,6-7H2,1-3H3,(H,14,16);9H,4-6H2,1-3H3;1-3H. The maximum atomic E-state index is 12.0. The van der Waals surface area contributed by atoms with Gasteiger partial charge in [0.25, 0.3) is 0 Å². The van der Waals surface area contributed by atoms with Gasteiger partial charge in [0, 0.05) is 38.6 Å². The van der Waals surface area contributed by atoms with Crippen molar-refractivity contribution < 1.29 is 33.3 Å². The van der Waals surface area contributed by atoms with Gasteiger partial charge in [0.2, 0.25) is 11.8 Å². The average Bonchev–Trinajstić information content (AvgIpc) is 2.77. The number of carbonyl (C=O) groups is 2. The van der Waals surface area contributed by atoms with Crippen LogP contribution >= 0.6 is 45.2 Å². The molecule has 0 saturated carbocycles. The first-order chi connectivity index (χ1) is 17.1. The topological polar surface area (TPSA) is 120 Å². The van der Waals surface area contributed by atoms with Crippen molar-refractivity contribution in [2.75, 3.05) is 19.8 Å². The Morgan fingerprint density at radius 2 is 1.51 bits per heavy atom. The fourth-order valence-electron chi connectivity index (χ4n) is 2.04. The highest BCUT2D eigenvalue weighted by atomic mass is 127. The van der Waals surface area contributed by atoms with Crippen LogP contribution in [0, 0.1) is 13.1 Å². The second-order valence-corrected chi connectivity index (χ2v) is 11.8. The van der Waals surface area contributed by atoms with E-state index in [-0.39, 0.29) is 12.6 Å². The number of aliphatic hydroxyl groups is 1. The number of nitrogens with one attached hydrogen (secondary N) is 1. The van der Waals surface area contributed by atoms with Crippen molar-refractivity contribution >= 4 is 57.2 Å². The van der Waals surface area contributed by atoms with Crippen LogP contribution in [0.4, 0.5) is 9.18 Å². The normalized spacial score (nSPS) is 10.6. The molecule has 2 heterocycles. The first-order valence-electron chi connectivity index (χ1n) is 11.4. The van der Waals surface area contributed by atoms with Crippen molar-refractivity contribution in [1.82, 2.24) is 15.3 Å². The SMILES string of the molecule is CC(C)(C)OC(=O)CCCO.CC(C)(C)OC(=O)NCCOc1ccc(I)cn1.Fc1ccc(I)cn1. The molecule has 2 aromatic rings. The molecule has 0 fully saturated rings. The monoisotopic (exact) mass is 747 g/mol. The molecule has 2 rings (SSSR count). The number of esters is 1. The molecule has 0 aromatic carbocycles. The van der Waals surface area contributed by atoms with Gasteiger partial charge in [0.1, 0.15) is 17.8 Å². The van der Waals surface area contributed by atoms with Gasteiger partial charge in [0.15, 0.2) is 0 Å². The van der Waals surface area contributed by atoms with Crippen LogP contribution in [0.25, 0.3) is 0 Å². The number of aliphatic hydroxyl groups excluding tert-OH is 1. The van der Waals surface area contributed by atoms with Gasteiger partial charge in [-0.1, -0.05) is 0 Å². The van der Waals surface area contributed by atoms with Crippen molar-refractivity contribution in [2.45, 2.75) is 65.6 Å². The van der Waals surface area contributed by atoms with Gasteiger partial charge >= 0.3 is 12.1 Å². The number of pyridine rings is 2. The molecule has 208 valence electrons. The first kappa shape index (κ1) is 35.2. The average molecular weight is 747 g/mol. The Morgan fingerprint density at radius 1 is 0.946 bits per heavy atom. The first-order valence-corrected chi connectivity index (χ1v) is 13.6. The number of amides is 1. The van der Waals surface area contributed by atoms with Crippen LogP contribution in [0.2, 0.25) is 0 Å². The number of nitrogens with zero attached hydrogens (tertiary/aromatic N) is 2. The van der Waals surface area contributed by atoms with Crippen LogP contribution in [0.15, 0.2) is 36.7 Å². The highest BCUT2D eigenvalue weighted by Gasteiger charge is 2.16. The summed E-state index contributed by atoms with van der Waals surface area (Å²) in [5.74, 6) is -0.127. The summed E-state index contributed by atoms with van der Waals surface area (Å²) in [6.07, 6.45) is 3.54. The zero-order valence-electron chi connectivity index (χ0n) is 22.0. The summed E-state index contributed by atoms with van der Waals surface area (Å²) in [5.41, 5.74) is -0.894. The third kappa shape index (κ3) is 23.1. The molecule has 0 spiro atoms. The molecule has 9 nitrogen and oxygen atoms in total. The van der Waals surface area contributed by atoms with E-state index in [0.717, 1.165) is 7.14 Å². The van der Waals surface area contributed by atoms with E-state index in [1.165, 1.54) is 12.3 Å². The molecule has 0 bridgehead atoms. The fraction of sp³-hybridized carbons (Fsp3) is 0.520. The lowest BCUT2D eigenvalue weighted by molar-refractivity contribution is -0.155. The molecule has 2 aromatic heterocycles. The number of ether oxygens (including phenoxy) is 3. The summed E-state index contributed by atoms with van der Waals surface area (Å²) in [7, 11) is 0. The molecular formula is C25H36FI2N3O6. The lowest BCUT2D eigenvalue weighted by Gasteiger charge is -2.19. The van der Waals surface area contributed by atoms with Crippen LogP contribution < -0.4 is 10.1 Å². The Balaban J connectivity index is 0.000000579. The number of aromatic nitrogens is 2. The zero-order chi connectivity index (χ0) is 28.5. The van der Waals surface area contributed by atoms with Gasteiger partial charge in [-0.2, -0.15) is 4.39 Å². The van der Waals surface area contributed by atoms with Crippen molar-refractivity contribution in [1.29, 1.82) is 0 Å². The molecular weight excluding hydrogens is 711 g/mol. The van der Waals surface area contributed by atoms with Gasteiger partial charge in [0.05, 0.1) is 6.54 Å². The predicted octanol–water partition coefficient (Wildman–Crippen LogP) is 5.52.